The number of carbonyl (C=O) groups excluding carboxylic acids is 1. The molecule has 0 saturated carbocycles. The van der Waals surface area contributed by atoms with E-state index in [1.54, 1.807) is 6.20 Å². The topological polar surface area (TPSA) is 60.5 Å². The van der Waals surface area contributed by atoms with E-state index in [1.807, 2.05) is 48.5 Å². The smallest absolute Gasteiger partial charge is 0.226 e. The van der Waals surface area contributed by atoms with Crippen LogP contribution >= 0.6 is 23.8 Å². The van der Waals surface area contributed by atoms with Gasteiger partial charge in [0.2, 0.25) is 5.91 Å². The molecule has 5 rings (SSSR count). The number of halogens is 1. The van der Waals surface area contributed by atoms with E-state index in [4.69, 9.17) is 23.8 Å². The highest BCUT2D eigenvalue weighted by Crippen LogP contribution is 2.46. The Balaban J connectivity index is 1.50. The van der Waals surface area contributed by atoms with E-state index in [1.165, 1.54) is 5.57 Å². The quantitative estimate of drug-likeness (QED) is 0.351. The van der Waals surface area contributed by atoms with Gasteiger partial charge in [0.05, 0.1) is 23.3 Å². The molecule has 8 heteroatoms. The fraction of sp³-hybridized carbons (Fsp3) is 0.300. The van der Waals surface area contributed by atoms with E-state index in [0.717, 1.165) is 28.2 Å². The van der Waals surface area contributed by atoms with Gasteiger partial charge >= 0.3 is 0 Å². The summed E-state index contributed by atoms with van der Waals surface area (Å²) in [7, 11) is 2.10. The lowest BCUT2D eigenvalue weighted by Gasteiger charge is -2.41. The predicted molar refractivity (Wildman–Crippen MR) is 159 cm³/mol. The van der Waals surface area contributed by atoms with Crippen LogP contribution in [-0.2, 0) is 4.79 Å². The average Bonchev–Trinajstić information content (AvgIpc) is 3.22. The third-order valence-corrected chi connectivity index (χ3v) is 8.17. The molecule has 0 spiro atoms. The summed E-state index contributed by atoms with van der Waals surface area (Å²) in [6.45, 7) is 6.97. The number of anilines is 2. The van der Waals surface area contributed by atoms with Crippen LogP contribution in [0.5, 0.6) is 0 Å². The number of hydrogen-bond acceptors (Lipinski definition) is 4. The maximum atomic E-state index is 12.8. The van der Waals surface area contributed by atoms with E-state index in [2.05, 4.69) is 71.4 Å². The third kappa shape index (κ3) is 5.00. The summed E-state index contributed by atoms with van der Waals surface area (Å²) in [5.74, 6) is -0.0711. The van der Waals surface area contributed by atoms with Gasteiger partial charge in [-0.05, 0) is 80.5 Å². The molecule has 0 bridgehead atoms. The monoisotopic (exact) mass is 545 g/mol. The van der Waals surface area contributed by atoms with Crippen molar-refractivity contribution in [3.8, 4) is 0 Å². The van der Waals surface area contributed by atoms with Crippen LogP contribution in [0.2, 0.25) is 5.02 Å². The molecule has 3 heterocycles. The summed E-state index contributed by atoms with van der Waals surface area (Å²) < 4.78 is 0. The molecule has 2 aromatic carbocycles. The van der Waals surface area contributed by atoms with Gasteiger partial charge in [0.1, 0.15) is 0 Å². The van der Waals surface area contributed by atoms with Gasteiger partial charge in [0.15, 0.2) is 5.11 Å². The normalized spacial score (nSPS) is 20.0. The van der Waals surface area contributed by atoms with Gasteiger partial charge < -0.3 is 20.4 Å². The van der Waals surface area contributed by atoms with E-state index in [0.29, 0.717) is 16.7 Å². The summed E-state index contributed by atoms with van der Waals surface area (Å²) in [6, 6.07) is 19.1. The molecule has 0 radical (unpaired) electrons. The minimum absolute atomic E-state index is 0.0711. The first kappa shape index (κ1) is 26.2. The van der Waals surface area contributed by atoms with Crippen molar-refractivity contribution in [3.63, 3.8) is 0 Å². The van der Waals surface area contributed by atoms with Crippen LogP contribution in [0.15, 0.2) is 72.9 Å². The summed E-state index contributed by atoms with van der Waals surface area (Å²) in [6.07, 6.45) is 4.35. The molecule has 2 aliphatic rings. The lowest BCUT2D eigenvalue weighted by molar-refractivity contribution is -0.116. The molecular formula is C30H32ClN5OS. The third-order valence-electron chi connectivity index (χ3n) is 7.49. The summed E-state index contributed by atoms with van der Waals surface area (Å²) in [5.41, 5.74) is 5.93. The Kier molecular flexibility index (Phi) is 7.16. The second-order valence-corrected chi connectivity index (χ2v) is 11.2. The Bertz CT molecular complexity index is 1390. The van der Waals surface area contributed by atoms with Gasteiger partial charge in [-0.1, -0.05) is 41.9 Å². The predicted octanol–water partition coefficient (Wildman–Crippen LogP) is 6.37. The highest BCUT2D eigenvalue weighted by atomic mass is 35.5. The largest absolute Gasteiger partial charge is 0.365 e. The van der Waals surface area contributed by atoms with Crippen LogP contribution in [0.4, 0.5) is 11.4 Å². The Morgan fingerprint density at radius 3 is 2.61 bits per heavy atom. The zero-order chi connectivity index (χ0) is 27.0. The minimum Gasteiger partial charge on any atom is -0.365 e. The molecule has 1 aromatic heterocycles. The number of fused-ring (bicyclic) bond motifs is 1. The Morgan fingerprint density at radius 1 is 1.16 bits per heavy atom. The number of carbonyl (C=O) groups is 1. The highest BCUT2D eigenvalue weighted by molar-refractivity contribution is 7.80. The number of allylic oxidation sites excluding steroid dienone is 1. The molecular weight excluding hydrogens is 514 g/mol. The van der Waals surface area contributed by atoms with Gasteiger partial charge in [-0.2, -0.15) is 0 Å². The number of benzene rings is 2. The van der Waals surface area contributed by atoms with Gasteiger partial charge in [0.25, 0.3) is 0 Å². The highest BCUT2D eigenvalue weighted by Gasteiger charge is 2.41. The van der Waals surface area contributed by atoms with Crippen LogP contribution in [0.3, 0.4) is 0 Å². The van der Waals surface area contributed by atoms with E-state index < -0.39 is 0 Å². The first-order valence-electron chi connectivity index (χ1n) is 12.8. The Labute approximate surface area is 234 Å². The van der Waals surface area contributed by atoms with Crippen LogP contribution in [-0.4, -0.2) is 40.0 Å². The van der Waals surface area contributed by atoms with Crippen LogP contribution in [0.1, 0.15) is 56.1 Å². The fourth-order valence-corrected chi connectivity index (χ4v) is 5.97. The average molecular weight is 546 g/mol. The number of rotatable bonds is 6. The molecule has 196 valence electrons. The van der Waals surface area contributed by atoms with Crippen molar-refractivity contribution in [3.05, 3.63) is 94.8 Å². The Hall–Kier alpha value is -3.42. The molecule has 6 nitrogen and oxygen atoms in total. The second kappa shape index (κ2) is 10.4. The minimum atomic E-state index is -0.229. The first-order chi connectivity index (χ1) is 18.2. The number of amides is 1. The van der Waals surface area contributed by atoms with Gasteiger partial charge in [-0.15, -0.1) is 0 Å². The number of hydrogen-bond donors (Lipinski definition) is 2. The molecule has 1 amide bonds. The van der Waals surface area contributed by atoms with Gasteiger partial charge in [-0.3, -0.25) is 9.78 Å². The van der Waals surface area contributed by atoms with Crippen molar-refractivity contribution >= 4 is 51.8 Å². The number of pyridine rings is 1. The lowest BCUT2D eigenvalue weighted by atomic mass is 9.86. The van der Waals surface area contributed by atoms with Crippen molar-refractivity contribution in [2.45, 2.75) is 44.8 Å². The summed E-state index contributed by atoms with van der Waals surface area (Å²) in [5, 5.41) is 7.68. The van der Waals surface area contributed by atoms with E-state index in [-0.39, 0.29) is 30.0 Å². The molecule has 0 unspecified atom stereocenters. The van der Waals surface area contributed by atoms with Gasteiger partial charge in [-0.25, -0.2) is 0 Å². The number of likely N-dealkylation sites (N-methyl/N-ethyl adjacent to an activating group) is 1. The van der Waals surface area contributed by atoms with Crippen molar-refractivity contribution in [2.75, 3.05) is 23.8 Å². The maximum Gasteiger partial charge on any atom is 0.226 e. The number of aromatic nitrogens is 1. The van der Waals surface area contributed by atoms with Crippen LogP contribution in [0, 0.1) is 0 Å². The zero-order valence-corrected chi connectivity index (χ0v) is 23.6. The fourth-order valence-electron chi connectivity index (χ4n) is 5.37. The number of para-hydroxylation sites is 1. The lowest BCUT2D eigenvalue weighted by Crippen LogP contribution is -2.42. The molecule has 0 aliphatic carbocycles. The maximum absolute atomic E-state index is 12.8. The summed E-state index contributed by atoms with van der Waals surface area (Å²) >= 11 is 12.8. The number of thiocarbonyl (C=S) groups is 1. The molecule has 1 fully saturated rings. The van der Waals surface area contributed by atoms with Crippen LogP contribution < -0.4 is 15.5 Å². The number of nitrogens with one attached hydrogen (secondary N) is 2. The van der Waals surface area contributed by atoms with Crippen molar-refractivity contribution in [2.24, 2.45) is 0 Å². The van der Waals surface area contributed by atoms with E-state index >= 15 is 0 Å². The Morgan fingerprint density at radius 2 is 1.89 bits per heavy atom. The van der Waals surface area contributed by atoms with Crippen LogP contribution in [0.25, 0.3) is 5.57 Å². The van der Waals surface area contributed by atoms with Gasteiger partial charge in [0, 0.05) is 48.2 Å². The molecule has 2 atom stereocenters. The first-order valence-corrected chi connectivity index (χ1v) is 13.5. The van der Waals surface area contributed by atoms with Crippen molar-refractivity contribution < 1.29 is 4.79 Å². The molecule has 2 aliphatic heterocycles. The van der Waals surface area contributed by atoms with Crippen molar-refractivity contribution in [1.82, 2.24) is 15.2 Å². The SMILES string of the molecule is CC1=CC(C)(C)N(C)c2cc(Cl)c([C@@H]3[C@H](c4ccccn4)NC(=S)N3CCC(=O)Nc3ccccc3)cc21. The molecule has 38 heavy (non-hydrogen) atoms. The standard InChI is InChI=1S/C30H32ClN5OS/c1-19-18-30(2,3)35(4)25-17-23(31)22(16-21(19)25)28-27(24-12-8-9-14-32-24)34-29(38)36(28)15-13-26(37)33-20-10-6-5-7-11-20/h5-12,14,16-18,27-28H,13,15H2,1-4H3,(H,33,37)(H,34,38)/t27-,28+/m0/s1. The second-order valence-electron chi connectivity index (χ2n) is 10.4. The molecule has 1 saturated heterocycles. The number of nitrogens with zero attached hydrogens (tertiary/aromatic N) is 3. The molecule has 2 N–H and O–H groups in total. The van der Waals surface area contributed by atoms with Crippen molar-refractivity contribution in [1.29, 1.82) is 0 Å². The summed E-state index contributed by atoms with van der Waals surface area (Å²) in [4.78, 5) is 21.8. The molecule has 3 aromatic rings. The van der Waals surface area contributed by atoms with E-state index in [9.17, 15) is 4.79 Å². The zero-order valence-electron chi connectivity index (χ0n) is 22.0.